The second kappa shape index (κ2) is 10.0. The lowest BCUT2D eigenvalue weighted by atomic mass is 10.1. The number of nitrogens with one attached hydrogen (secondary N) is 2. The van der Waals surface area contributed by atoms with Crippen molar-refractivity contribution in [2.45, 2.75) is 13.3 Å². The number of carbonyl (C=O) groups excluding carboxylic acids is 2. The summed E-state index contributed by atoms with van der Waals surface area (Å²) in [4.78, 5) is 27.8. The highest BCUT2D eigenvalue weighted by Crippen LogP contribution is 2.29. The molecular weight excluding hydrogens is 437 g/mol. The average molecular weight is 460 g/mol. The fourth-order valence-electron chi connectivity index (χ4n) is 2.92. The van der Waals surface area contributed by atoms with Gasteiger partial charge in [0.25, 0.3) is 11.8 Å². The first-order valence-electron chi connectivity index (χ1n) is 9.65. The predicted molar refractivity (Wildman–Crippen MR) is 125 cm³/mol. The number of aryl methyl sites for hydroxylation is 1. The highest BCUT2D eigenvalue weighted by atomic mass is 35.5. The lowest BCUT2D eigenvalue weighted by Gasteiger charge is -2.10. The number of hydrogen-bond acceptors (Lipinski definition) is 4. The van der Waals surface area contributed by atoms with Gasteiger partial charge in [0.15, 0.2) is 0 Å². The second-order valence-corrected chi connectivity index (χ2v) is 8.86. The van der Waals surface area contributed by atoms with E-state index in [4.69, 9.17) is 11.6 Å². The Hall–Kier alpha value is -2.74. The summed E-state index contributed by atoms with van der Waals surface area (Å²) in [6, 6.07) is 13.1. The Bertz CT molecular complexity index is 1100. The lowest BCUT2D eigenvalue weighted by molar-refractivity contribution is 0.102. The minimum atomic E-state index is -0.516. The van der Waals surface area contributed by atoms with Crippen molar-refractivity contribution in [2.75, 3.05) is 31.3 Å². The quantitative estimate of drug-likeness (QED) is 0.493. The smallest absolute Gasteiger partial charge is 0.266 e. The molecule has 1 heterocycles. The van der Waals surface area contributed by atoms with Crippen LogP contribution in [0.3, 0.4) is 0 Å². The van der Waals surface area contributed by atoms with Crippen LogP contribution in [0.4, 0.5) is 15.1 Å². The standard InChI is InChI=1S/C23H23ClFN3O2S/c1-14-12-20(27-22(29)18-9-6-16(25)13-19(18)24)31-21(14)23(30)26-17-7-4-15(5-8-17)10-11-28(2)3/h4-9,12-13H,10-11H2,1-3H3,(H,26,30)(H,27,29). The van der Waals surface area contributed by atoms with Crippen LogP contribution in [0.15, 0.2) is 48.5 Å². The first kappa shape index (κ1) is 22.9. The molecule has 8 heteroatoms. The van der Waals surface area contributed by atoms with Crippen molar-refractivity contribution in [2.24, 2.45) is 0 Å². The molecule has 1 aromatic heterocycles. The molecule has 2 aromatic carbocycles. The van der Waals surface area contributed by atoms with Crippen LogP contribution in [0.5, 0.6) is 0 Å². The molecule has 0 aliphatic heterocycles. The number of likely N-dealkylation sites (N-methyl/N-ethyl adjacent to an activating group) is 1. The van der Waals surface area contributed by atoms with Crippen LogP contribution in [0, 0.1) is 12.7 Å². The molecule has 3 aromatic rings. The van der Waals surface area contributed by atoms with Crippen LogP contribution in [0.1, 0.15) is 31.2 Å². The maximum absolute atomic E-state index is 13.2. The SMILES string of the molecule is Cc1cc(NC(=O)c2ccc(F)cc2Cl)sc1C(=O)Nc1ccc(CCN(C)C)cc1. The highest BCUT2D eigenvalue weighted by Gasteiger charge is 2.17. The van der Waals surface area contributed by atoms with E-state index in [0.29, 0.717) is 15.6 Å². The lowest BCUT2D eigenvalue weighted by Crippen LogP contribution is -2.15. The molecule has 0 spiro atoms. The maximum atomic E-state index is 13.2. The van der Waals surface area contributed by atoms with E-state index >= 15 is 0 Å². The molecular formula is C23H23ClFN3O2S. The summed E-state index contributed by atoms with van der Waals surface area (Å²) >= 11 is 7.12. The molecule has 0 atom stereocenters. The van der Waals surface area contributed by atoms with Crippen LogP contribution in [-0.2, 0) is 6.42 Å². The van der Waals surface area contributed by atoms with E-state index in [-0.39, 0.29) is 16.5 Å². The Morgan fingerprint density at radius 3 is 2.39 bits per heavy atom. The van der Waals surface area contributed by atoms with Gasteiger partial charge in [-0.2, -0.15) is 0 Å². The molecule has 0 saturated heterocycles. The van der Waals surface area contributed by atoms with E-state index in [9.17, 15) is 14.0 Å². The van der Waals surface area contributed by atoms with Crippen molar-refractivity contribution in [3.05, 3.63) is 80.9 Å². The van der Waals surface area contributed by atoms with Crippen molar-refractivity contribution >= 4 is 45.4 Å². The molecule has 0 aliphatic rings. The summed E-state index contributed by atoms with van der Waals surface area (Å²) in [5, 5.41) is 6.14. The molecule has 2 amide bonds. The zero-order valence-corrected chi connectivity index (χ0v) is 19.0. The number of benzene rings is 2. The normalized spacial score (nSPS) is 10.9. The van der Waals surface area contributed by atoms with E-state index in [2.05, 4.69) is 15.5 Å². The van der Waals surface area contributed by atoms with Crippen LogP contribution in [0.2, 0.25) is 5.02 Å². The molecule has 0 saturated carbocycles. The van der Waals surface area contributed by atoms with E-state index < -0.39 is 11.7 Å². The number of amides is 2. The van der Waals surface area contributed by atoms with Gasteiger partial charge in [-0.15, -0.1) is 11.3 Å². The molecule has 31 heavy (non-hydrogen) atoms. The Labute approximate surface area is 189 Å². The van der Waals surface area contributed by atoms with Gasteiger partial charge in [0.05, 0.1) is 20.5 Å². The maximum Gasteiger partial charge on any atom is 0.266 e. The van der Waals surface area contributed by atoms with Crippen LogP contribution >= 0.6 is 22.9 Å². The Morgan fingerprint density at radius 2 is 1.74 bits per heavy atom. The Kier molecular flexibility index (Phi) is 7.43. The van der Waals surface area contributed by atoms with Gasteiger partial charge >= 0.3 is 0 Å². The average Bonchev–Trinajstić information content (AvgIpc) is 3.07. The summed E-state index contributed by atoms with van der Waals surface area (Å²) in [5.74, 6) is -1.23. The van der Waals surface area contributed by atoms with Gasteiger partial charge in [0, 0.05) is 12.2 Å². The number of carbonyl (C=O) groups is 2. The van der Waals surface area contributed by atoms with Gasteiger partial charge in [0.1, 0.15) is 5.82 Å². The molecule has 0 aliphatic carbocycles. The number of anilines is 2. The molecule has 3 rings (SSSR count). The Morgan fingerprint density at radius 1 is 1.03 bits per heavy atom. The predicted octanol–water partition coefficient (Wildman–Crippen LogP) is 5.46. The summed E-state index contributed by atoms with van der Waals surface area (Å²) in [7, 11) is 4.06. The molecule has 5 nitrogen and oxygen atoms in total. The fraction of sp³-hybridized carbons (Fsp3) is 0.217. The zero-order chi connectivity index (χ0) is 22.5. The topological polar surface area (TPSA) is 61.4 Å². The van der Waals surface area contributed by atoms with Gasteiger partial charge in [-0.05, 0) is 75.0 Å². The summed E-state index contributed by atoms with van der Waals surface area (Å²) in [6.07, 6.45) is 0.937. The monoisotopic (exact) mass is 459 g/mol. The number of halogens is 2. The third-order valence-electron chi connectivity index (χ3n) is 4.60. The number of hydrogen-bond donors (Lipinski definition) is 2. The molecule has 162 valence electrons. The van der Waals surface area contributed by atoms with Crippen LogP contribution in [-0.4, -0.2) is 37.4 Å². The first-order chi connectivity index (χ1) is 14.7. The molecule has 0 bridgehead atoms. The summed E-state index contributed by atoms with van der Waals surface area (Å²) < 4.78 is 13.2. The van der Waals surface area contributed by atoms with Gasteiger partial charge in [-0.25, -0.2) is 4.39 Å². The molecule has 0 radical (unpaired) electrons. The summed E-state index contributed by atoms with van der Waals surface area (Å²) in [6.45, 7) is 2.76. The minimum absolute atomic E-state index is 0.0257. The second-order valence-electron chi connectivity index (χ2n) is 7.41. The molecule has 0 unspecified atom stereocenters. The van der Waals surface area contributed by atoms with Gasteiger partial charge in [-0.3, -0.25) is 9.59 Å². The minimum Gasteiger partial charge on any atom is -0.321 e. The van der Waals surface area contributed by atoms with Crippen molar-refractivity contribution in [1.29, 1.82) is 0 Å². The fourth-order valence-corrected chi connectivity index (χ4v) is 4.13. The number of thiophene rings is 1. The van der Waals surface area contributed by atoms with Crippen molar-refractivity contribution in [3.8, 4) is 0 Å². The van der Waals surface area contributed by atoms with Crippen molar-refractivity contribution in [3.63, 3.8) is 0 Å². The largest absolute Gasteiger partial charge is 0.321 e. The van der Waals surface area contributed by atoms with Gasteiger partial charge in [0.2, 0.25) is 0 Å². The number of nitrogens with zero attached hydrogens (tertiary/aromatic N) is 1. The Balaban J connectivity index is 1.66. The van der Waals surface area contributed by atoms with Gasteiger partial charge < -0.3 is 15.5 Å². The molecule has 0 fully saturated rings. The van der Waals surface area contributed by atoms with Gasteiger partial charge in [-0.1, -0.05) is 23.7 Å². The summed E-state index contributed by atoms with van der Waals surface area (Å²) in [5.41, 5.74) is 2.80. The zero-order valence-electron chi connectivity index (χ0n) is 17.5. The van der Waals surface area contributed by atoms with Crippen molar-refractivity contribution in [1.82, 2.24) is 4.90 Å². The van der Waals surface area contributed by atoms with E-state index in [1.807, 2.05) is 38.4 Å². The van der Waals surface area contributed by atoms with E-state index in [1.165, 1.54) is 29.0 Å². The van der Waals surface area contributed by atoms with E-state index in [0.717, 1.165) is 24.6 Å². The first-order valence-corrected chi connectivity index (χ1v) is 10.8. The highest BCUT2D eigenvalue weighted by molar-refractivity contribution is 7.18. The van der Waals surface area contributed by atoms with Crippen LogP contribution in [0.25, 0.3) is 0 Å². The molecule has 2 N–H and O–H groups in total. The van der Waals surface area contributed by atoms with E-state index in [1.54, 1.807) is 13.0 Å². The van der Waals surface area contributed by atoms with Crippen LogP contribution < -0.4 is 10.6 Å². The number of rotatable bonds is 7. The third-order valence-corrected chi connectivity index (χ3v) is 6.06. The third kappa shape index (κ3) is 6.13. The van der Waals surface area contributed by atoms with Crippen molar-refractivity contribution < 1.29 is 14.0 Å².